The molecule has 0 aliphatic heterocycles. The predicted octanol–water partition coefficient (Wildman–Crippen LogP) is 1.18. The van der Waals surface area contributed by atoms with Crippen molar-refractivity contribution in [2.24, 2.45) is 0 Å². The Morgan fingerprint density at radius 1 is 1.48 bits per heavy atom. The van der Waals surface area contributed by atoms with Crippen molar-refractivity contribution in [1.29, 1.82) is 0 Å². The van der Waals surface area contributed by atoms with E-state index in [2.05, 4.69) is 20.2 Å². The molecule has 21 heavy (non-hydrogen) atoms. The molecule has 0 fully saturated rings. The molecule has 0 spiro atoms. The van der Waals surface area contributed by atoms with Gasteiger partial charge in [-0.25, -0.2) is 13.1 Å². The van der Waals surface area contributed by atoms with E-state index in [4.69, 9.17) is 4.52 Å². The quantitative estimate of drug-likeness (QED) is 0.776. The van der Waals surface area contributed by atoms with Gasteiger partial charge < -0.3 is 9.84 Å². The number of aromatic nitrogens is 2. The average molecular weight is 353 g/mol. The molecule has 2 rings (SSSR count). The molecule has 0 bridgehead atoms. The maximum Gasteiger partial charge on any atom is 0.250 e. The van der Waals surface area contributed by atoms with Gasteiger partial charge in [0.2, 0.25) is 5.89 Å². The van der Waals surface area contributed by atoms with Crippen LogP contribution in [-0.4, -0.2) is 31.6 Å². The number of sulfonamides is 1. The molecule has 0 radical (unpaired) electrons. The maximum atomic E-state index is 11.9. The van der Waals surface area contributed by atoms with Crippen LogP contribution in [0.15, 0.2) is 26.2 Å². The van der Waals surface area contributed by atoms with Crippen LogP contribution in [0.25, 0.3) is 0 Å². The zero-order valence-electron chi connectivity index (χ0n) is 11.6. The normalized spacial score (nSPS) is 12.9. The first kappa shape index (κ1) is 18.1. The highest BCUT2D eigenvalue weighted by atomic mass is 35.5. The zero-order valence-corrected chi connectivity index (χ0v) is 14.0. The van der Waals surface area contributed by atoms with Crippen LogP contribution in [0.2, 0.25) is 0 Å². The van der Waals surface area contributed by atoms with Crippen molar-refractivity contribution in [2.75, 3.05) is 7.05 Å². The Balaban J connectivity index is 0.00000220. The maximum absolute atomic E-state index is 11.9. The first-order valence-corrected chi connectivity index (χ1v) is 8.39. The number of thiophene rings is 1. The Morgan fingerprint density at radius 3 is 2.86 bits per heavy atom. The summed E-state index contributed by atoms with van der Waals surface area (Å²) in [6.45, 7) is 1.98. The Kier molecular flexibility index (Phi) is 6.75. The summed E-state index contributed by atoms with van der Waals surface area (Å²) in [7, 11) is -1.66. The first-order valence-electron chi connectivity index (χ1n) is 6.03. The van der Waals surface area contributed by atoms with Crippen LogP contribution in [-0.2, 0) is 23.0 Å². The van der Waals surface area contributed by atoms with Gasteiger partial charge in [-0.15, -0.1) is 23.7 Å². The second-order valence-electron chi connectivity index (χ2n) is 4.25. The summed E-state index contributed by atoms with van der Waals surface area (Å²) < 4.78 is 31.5. The van der Waals surface area contributed by atoms with E-state index >= 15 is 0 Å². The summed E-state index contributed by atoms with van der Waals surface area (Å²) in [6, 6.07) is 3.45. The number of hydrogen-bond acceptors (Lipinski definition) is 7. The second kappa shape index (κ2) is 7.85. The van der Waals surface area contributed by atoms with E-state index in [9.17, 15) is 8.42 Å². The Labute approximate surface area is 133 Å². The van der Waals surface area contributed by atoms with Gasteiger partial charge in [-0.05, 0) is 25.4 Å². The number of likely N-dealkylation sites (N-methyl/N-ethyl adjacent to an activating group) is 1. The van der Waals surface area contributed by atoms with Gasteiger partial charge in [-0.3, -0.25) is 0 Å². The van der Waals surface area contributed by atoms with E-state index in [0.717, 1.165) is 11.3 Å². The molecule has 2 aromatic rings. The summed E-state index contributed by atoms with van der Waals surface area (Å²) in [6.07, 6.45) is 0.623. The average Bonchev–Trinajstić information content (AvgIpc) is 3.08. The van der Waals surface area contributed by atoms with Crippen molar-refractivity contribution in [3.8, 4) is 0 Å². The molecule has 0 aliphatic carbocycles. The number of halogens is 1. The Bertz CT molecular complexity index is 642. The Hall–Kier alpha value is -1.00. The van der Waals surface area contributed by atoms with Crippen molar-refractivity contribution >= 4 is 33.8 Å². The molecule has 2 aromatic heterocycles. The second-order valence-corrected chi connectivity index (χ2v) is 7.20. The number of nitrogens with zero attached hydrogens (tertiary/aromatic N) is 2. The zero-order chi connectivity index (χ0) is 14.6. The van der Waals surface area contributed by atoms with Crippen LogP contribution >= 0.6 is 23.7 Å². The highest BCUT2D eigenvalue weighted by Gasteiger charge is 2.17. The molecule has 0 amide bonds. The minimum absolute atomic E-state index is 0. The highest BCUT2D eigenvalue weighted by molar-refractivity contribution is 7.91. The van der Waals surface area contributed by atoms with Crippen molar-refractivity contribution in [3.63, 3.8) is 0 Å². The van der Waals surface area contributed by atoms with E-state index in [0.29, 0.717) is 12.2 Å². The molecule has 7 nitrogen and oxygen atoms in total. The topological polar surface area (TPSA) is 97.1 Å². The lowest BCUT2D eigenvalue weighted by atomic mass is 10.2. The van der Waals surface area contributed by atoms with Gasteiger partial charge >= 0.3 is 0 Å². The molecular formula is C11H17ClN4O3S2. The van der Waals surface area contributed by atoms with Crippen LogP contribution in [0.1, 0.15) is 18.6 Å². The highest BCUT2D eigenvalue weighted by Crippen LogP contribution is 2.15. The molecule has 0 saturated carbocycles. The molecule has 2 heterocycles. The van der Waals surface area contributed by atoms with Crippen molar-refractivity contribution in [2.45, 2.75) is 30.1 Å². The van der Waals surface area contributed by atoms with Crippen molar-refractivity contribution in [1.82, 2.24) is 20.2 Å². The standard InChI is InChI=1S/C11H16N4O3S2.ClH/c1-8(12-2)6-9-14-10(18-15-9)7-13-20(16,17)11-4-3-5-19-11;/h3-5,8,12-13H,6-7H2,1-2H3;1H. The fourth-order valence-corrected chi connectivity index (χ4v) is 3.48. The van der Waals surface area contributed by atoms with Crippen molar-refractivity contribution < 1.29 is 12.9 Å². The summed E-state index contributed by atoms with van der Waals surface area (Å²) in [4.78, 5) is 4.14. The van der Waals surface area contributed by atoms with Gasteiger partial charge in [0.05, 0.1) is 6.54 Å². The molecule has 2 N–H and O–H groups in total. The Morgan fingerprint density at radius 2 is 2.24 bits per heavy atom. The van der Waals surface area contributed by atoms with Gasteiger partial charge in [0.25, 0.3) is 10.0 Å². The summed E-state index contributed by atoms with van der Waals surface area (Å²) in [5, 5.41) is 8.58. The number of nitrogens with one attached hydrogen (secondary N) is 2. The summed E-state index contributed by atoms with van der Waals surface area (Å²) in [5.41, 5.74) is 0. The SMILES string of the molecule is CNC(C)Cc1noc(CNS(=O)(=O)c2cccs2)n1.Cl. The van der Waals surface area contributed by atoms with E-state index in [1.54, 1.807) is 17.5 Å². The van der Waals surface area contributed by atoms with Crippen LogP contribution < -0.4 is 10.0 Å². The van der Waals surface area contributed by atoms with Gasteiger partial charge in [0.1, 0.15) is 4.21 Å². The molecule has 0 aromatic carbocycles. The van der Waals surface area contributed by atoms with E-state index in [1.807, 2.05) is 14.0 Å². The molecular weight excluding hydrogens is 336 g/mol. The van der Waals surface area contributed by atoms with Crippen LogP contribution in [0, 0.1) is 0 Å². The largest absolute Gasteiger partial charge is 0.338 e. The fraction of sp³-hybridized carbons (Fsp3) is 0.455. The summed E-state index contributed by atoms with van der Waals surface area (Å²) >= 11 is 1.16. The minimum atomic E-state index is -3.51. The smallest absolute Gasteiger partial charge is 0.250 e. The third kappa shape index (κ3) is 5.04. The third-order valence-corrected chi connectivity index (χ3v) is 5.46. The summed E-state index contributed by atoms with van der Waals surface area (Å²) in [5.74, 6) is 0.806. The van der Waals surface area contributed by atoms with Crippen LogP contribution in [0.5, 0.6) is 0 Å². The van der Waals surface area contributed by atoms with Crippen LogP contribution in [0.4, 0.5) is 0 Å². The lowest BCUT2D eigenvalue weighted by Crippen LogP contribution is -2.24. The van der Waals surface area contributed by atoms with Crippen molar-refractivity contribution in [3.05, 3.63) is 29.2 Å². The van der Waals surface area contributed by atoms with E-state index < -0.39 is 10.0 Å². The van der Waals surface area contributed by atoms with Gasteiger partial charge in [0.15, 0.2) is 5.82 Å². The van der Waals surface area contributed by atoms with Gasteiger partial charge in [0, 0.05) is 12.5 Å². The number of hydrogen-bond donors (Lipinski definition) is 2. The molecule has 1 atom stereocenters. The van der Waals surface area contributed by atoms with E-state index in [-0.39, 0.29) is 35.1 Å². The number of rotatable bonds is 7. The molecule has 10 heteroatoms. The lowest BCUT2D eigenvalue weighted by molar-refractivity contribution is 0.368. The van der Waals surface area contributed by atoms with Gasteiger partial charge in [-0.1, -0.05) is 11.2 Å². The van der Waals surface area contributed by atoms with E-state index in [1.165, 1.54) is 0 Å². The lowest BCUT2D eigenvalue weighted by Gasteiger charge is -2.04. The minimum Gasteiger partial charge on any atom is -0.338 e. The molecule has 0 saturated heterocycles. The van der Waals surface area contributed by atoms with Gasteiger partial charge in [-0.2, -0.15) is 4.98 Å². The third-order valence-electron chi connectivity index (χ3n) is 2.67. The molecule has 0 aliphatic rings. The molecule has 1 unspecified atom stereocenters. The monoisotopic (exact) mass is 352 g/mol. The first-order chi connectivity index (χ1) is 9.51. The fourth-order valence-electron chi connectivity index (χ4n) is 1.47. The predicted molar refractivity (Wildman–Crippen MR) is 82.1 cm³/mol. The van der Waals surface area contributed by atoms with Crippen LogP contribution in [0.3, 0.4) is 0 Å². The molecule has 118 valence electrons.